The number of nitrogens with one attached hydrogen (secondary N) is 1. The van der Waals surface area contributed by atoms with Crippen LogP contribution in [0.3, 0.4) is 0 Å². The molecule has 0 aromatic heterocycles. The molecular weight excluding hydrogens is 546 g/mol. The van der Waals surface area contributed by atoms with Gasteiger partial charge >= 0.3 is 0 Å². The van der Waals surface area contributed by atoms with Gasteiger partial charge in [-0.05, 0) is 76.7 Å². The number of anilines is 1. The van der Waals surface area contributed by atoms with E-state index in [-0.39, 0.29) is 12.2 Å². The van der Waals surface area contributed by atoms with Gasteiger partial charge in [0.15, 0.2) is 11.5 Å². The number of nitriles is 1. The molecule has 1 amide bonds. The number of amides is 1. The topological polar surface area (TPSA) is 71.3 Å². The van der Waals surface area contributed by atoms with E-state index in [1.54, 1.807) is 18.2 Å². The first-order chi connectivity index (χ1) is 15.4. The maximum absolute atomic E-state index is 13.0. The molecule has 3 aromatic rings. The van der Waals surface area contributed by atoms with E-state index in [9.17, 15) is 14.4 Å². The monoisotopic (exact) mass is 562 g/mol. The van der Waals surface area contributed by atoms with Crippen LogP contribution in [-0.4, -0.2) is 13.0 Å². The largest absolute Gasteiger partial charge is 0.493 e. The van der Waals surface area contributed by atoms with Crippen LogP contribution in [0.25, 0.3) is 6.08 Å². The number of nitrogens with zero attached hydrogens (tertiary/aromatic N) is 1. The van der Waals surface area contributed by atoms with E-state index in [1.807, 2.05) is 24.3 Å². The molecule has 32 heavy (non-hydrogen) atoms. The molecule has 162 valence electrons. The summed E-state index contributed by atoms with van der Waals surface area (Å²) >= 11 is 8.29. The lowest BCUT2D eigenvalue weighted by Crippen LogP contribution is -2.13. The van der Waals surface area contributed by atoms with Crippen molar-refractivity contribution < 1.29 is 18.7 Å². The van der Waals surface area contributed by atoms with E-state index >= 15 is 0 Å². The van der Waals surface area contributed by atoms with Crippen LogP contribution in [-0.2, 0) is 11.4 Å². The van der Waals surface area contributed by atoms with E-state index in [4.69, 9.17) is 21.1 Å². The van der Waals surface area contributed by atoms with Crippen LogP contribution in [0.15, 0.2) is 66.2 Å². The van der Waals surface area contributed by atoms with Crippen LogP contribution >= 0.6 is 34.2 Å². The molecule has 5 nitrogen and oxygen atoms in total. The van der Waals surface area contributed by atoms with Crippen LogP contribution in [0.2, 0.25) is 5.02 Å². The van der Waals surface area contributed by atoms with Crippen LogP contribution in [0.4, 0.5) is 10.1 Å². The van der Waals surface area contributed by atoms with E-state index in [1.165, 1.54) is 37.5 Å². The van der Waals surface area contributed by atoms with Gasteiger partial charge in [-0.15, -0.1) is 0 Å². The number of hydrogen-bond donors (Lipinski definition) is 1. The van der Waals surface area contributed by atoms with Crippen molar-refractivity contribution >= 4 is 51.9 Å². The van der Waals surface area contributed by atoms with Crippen molar-refractivity contribution in [2.45, 2.75) is 6.61 Å². The second-order valence-electron chi connectivity index (χ2n) is 6.55. The van der Waals surface area contributed by atoms with Gasteiger partial charge in [-0.1, -0.05) is 29.8 Å². The summed E-state index contributed by atoms with van der Waals surface area (Å²) in [5.41, 5.74) is 1.69. The Hall–Kier alpha value is -3.09. The number of methoxy groups -OCH3 is 1. The molecule has 0 aliphatic rings. The quantitative estimate of drug-likeness (QED) is 0.211. The minimum Gasteiger partial charge on any atom is -0.493 e. The summed E-state index contributed by atoms with van der Waals surface area (Å²) in [4.78, 5) is 12.5. The third-order valence-electron chi connectivity index (χ3n) is 4.36. The lowest BCUT2D eigenvalue weighted by molar-refractivity contribution is -0.112. The lowest BCUT2D eigenvalue weighted by atomic mass is 10.1. The first-order valence-corrected chi connectivity index (χ1v) is 10.8. The Labute approximate surface area is 203 Å². The van der Waals surface area contributed by atoms with Crippen molar-refractivity contribution in [3.63, 3.8) is 0 Å². The Morgan fingerprint density at radius 3 is 2.59 bits per heavy atom. The molecule has 3 aromatic carbocycles. The average molecular weight is 563 g/mol. The Balaban J connectivity index is 1.82. The van der Waals surface area contributed by atoms with Crippen LogP contribution in [0.1, 0.15) is 11.1 Å². The third-order valence-corrected chi connectivity index (χ3v) is 5.53. The predicted molar refractivity (Wildman–Crippen MR) is 130 cm³/mol. The van der Waals surface area contributed by atoms with Crippen LogP contribution < -0.4 is 14.8 Å². The Kier molecular flexibility index (Phi) is 8.09. The van der Waals surface area contributed by atoms with Crippen molar-refractivity contribution in [3.8, 4) is 17.6 Å². The molecule has 0 spiro atoms. The summed E-state index contributed by atoms with van der Waals surface area (Å²) in [5.74, 6) is -0.0458. The molecular formula is C24H17ClFIN2O3. The number of carbonyl (C=O) groups is 1. The van der Waals surface area contributed by atoms with Gasteiger partial charge in [-0.25, -0.2) is 4.39 Å². The molecule has 1 N–H and O–H groups in total. The molecule has 0 heterocycles. The summed E-state index contributed by atoms with van der Waals surface area (Å²) in [6, 6.07) is 18.0. The van der Waals surface area contributed by atoms with Crippen LogP contribution in [0, 0.1) is 20.7 Å². The van der Waals surface area contributed by atoms with Crippen molar-refractivity contribution in [1.29, 1.82) is 5.26 Å². The van der Waals surface area contributed by atoms with Crippen molar-refractivity contribution in [2.75, 3.05) is 12.4 Å². The maximum Gasteiger partial charge on any atom is 0.266 e. The summed E-state index contributed by atoms with van der Waals surface area (Å²) < 4.78 is 25.2. The molecule has 3 rings (SSSR count). The minimum atomic E-state index is -0.605. The molecule has 8 heteroatoms. The normalized spacial score (nSPS) is 10.9. The van der Waals surface area contributed by atoms with Gasteiger partial charge in [0.25, 0.3) is 5.91 Å². The highest BCUT2D eigenvalue weighted by molar-refractivity contribution is 14.1. The molecule has 0 saturated heterocycles. The number of ether oxygens (including phenoxy) is 2. The summed E-state index contributed by atoms with van der Waals surface area (Å²) in [7, 11) is 1.51. The summed E-state index contributed by atoms with van der Waals surface area (Å²) in [6.07, 6.45) is 1.45. The van der Waals surface area contributed by atoms with Crippen LogP contribution in [0.5, 0.6) is 11.5 Å². The molecule has 0 aliphatic heterocycles. The molecule has 0 atom stereocenters. The zero-order chi connectivity index (χ0) is 23.1. The van der Waals surface area contributed by atoms with E-state index in [2.05, 4.69) is 27.9 Å². The fraction of sp³-hybridized carbons (Fsp3) is 0.0833. The SMILES string of the molecule is COc1cc(/C=C(/C#N)C(=O)Nc2ccc(F)cc2)cc(I)c1OCc1ccccc1Cl. The minimum absolute atomic E-state index is 0.114. The van der Waals surface area contributed by atoms with Gasteiger partial charge in [0.05, 0.1) is 10.7 Å². The van der Waals surface area contributed by atoms with E-state index in [0.717, 1.165) is 9.13 Å². The first-order valence-electron chi connectivity index (χ1n) is 9.33. The highest BCUT2D eigenvalue weighted by atomic mass is 127. The highest BCUT2D eigenvalue weighted by Crippen LogP contribution is 2.35. The lowest BCUT2D eigenvalue weighted by Gasteiger charge is -2.14. The van der Waals surface area contributed by atoms with Gasteiger partial charge in [-0.3, -0.25) is 4.79 Å². The average Bonchev–Trinajstić information content (AvgIpc) is 2.78. The molecule has 0 radical (unpaired) electrons. The first kappa shape index (κ1) is 23.6. The molecule has 0 aliphatic carbocycles. The number of benzene rings is 3. The predicted octanol–water partition coefficient (Wildman–Crippen LogP) is 6.22. The Bertz CT molecular complexity index is 1210. The van der Waals surface area contributed by atoms with Gasteiger partial charge in [-0.2, -0.15) is 5.26 Å². The molecule has 0 unspecified atom stereocenters. The number of hydrogen-bond acceptors (Lipinski definition) is 4. The summed E-state index contributed by atoms with van der Waals surface area (Å²) in [6.45, 7) is 0.255. The van der Waals surface area contributed by atoms with Gasteiger partial charge in [0, 0.05) is 16.3 Å². The van der Waals surface area contributed by atoms with Crippen molar-refractivity contribution in [2.24, 2.45) is 0 Å². The van der Waals surface area contributed by atoms with Crippen molar-refractivity contribution in [3.05, 3.63) is 91.8 Å². The standard InChI is InChI=1S/C24H17ClFIN2O3/c1-31-22-12-15(10-17(13-28)24(30)29-19-8-6-18(26)7-9-19)11-21(27)23(22)32-14-16-4-2-3-5-20(16)25/h2-12H,14H2,1H3,(H,29,30)/b17-10-. The number of halogens is 3. The van der Waals surface area contributed by atoms with Gasteiger partial charge < -0.3 is 14.8 Å². The third kappa shape index (κ3) is 5.99. The fourth-order valence-corrected chi connectivity index (χ4v) is 3.75. The van der Waals surface area contributed by atoms with Gasteiger partial charge in [0.2, 0.25) is 0 Å². The van der Waals surface area contributed by atoms with E-state index in [0.29, 0.717) is 27.8 Å². The summed E-state index contributed by atoms with van der Waals surface area (Å²) in [5, 5.41) is 12.6. The van der Waals surface area contributed by atoms with Gasteiger partial charge in [0.1, 0.15) is 24.1 Å². The zero-order valence-corrected chi connectivity index (χ0v) is 19.8. The van der Waals surface area contributed by atoms with Crippen molar-refractivity contribution in [1.82, 2.24) is 0 Å². The second kappa shape index (κ2) is 11.0. The highest BCUT2D eigenvalue weighted by Gasteiger charge is 2.15. The maximum atomic E-state index is 13.0. The number of carbonyl (C=O) groups excluding carboxylic acids is 1. The molecule has 0 bridgehead atoms. The molecule has 0 saturated carbocycles. The zero-order valence-electron chi connectivity index (χ0n) is 16.9. The molecule has 0 fully saturated rings. The Morgan fingerprint density at radius 1 is 1.22 bits per heavy atom. The number of rotatable bonds is 7. The smallest absolute Gasteiger partial charge is 0.266 e. The Morgan fingerprint density at radius 2 is 1.94 bits per heavy atom. The van der Waals surface area contributed by atoms with E-state index < -0.39 is 11.7 Å². The second-order valence-corrected chi connectivity index (χ2v) is 8.11. The fourth-order valence-electron chi connectivity index (χ4n) is 2.78.